The second-order valence-electron chi connectivity index (χ2n) is 5.44. The van der Waals surface area contributed by atoms with Crippen LogP contribution in [0.3, 0.4) is 0 Å². The third-order valence-electron chi connectivity index (χ3n) is 3.36. The van der Waals surface area contributed by atoms with Crippen LogP contribution >= 0.6 is 35.6 Å². The zero-order valence-corrected chi connectivity index (χ0v) is 17.5. The molecule has 1 saturated carbocycles. The summed E-state index contributed by atoms with van der Waals surface area (Å²) in [6, 6.07) is 6.20. The van der Waals surface area contributed by atoms with Crippen LogP contribution in [0, 0.1) is 5.92 Å². The zero-order valence-electron chi connectivity index (χ0n) is 13.6. The first-order valence-corrected chi connectivity index (χ1v) is 9.65. The molecular formula is C15H24ClIN4O2S. The van der Waals surface area contributed by atoms with Crippen molar-refractivity contribution in [3.8, 4) is 0 Å². The third kappa shape index (κ3) is 7.54. The molecular weight excluding hydrogens is 463 g/mol. The van der Waals surface area contributed by atoms with Crippen LogP contribution in [-0.4, -0.2) is 40.6 Å². The topological polar surface area (TPSA) is 82.6 Å². The van der Waals surface area contributed by atoms with Crippen LogP contribution in [0.1, 0.15) is 19.8 Å². The number of benzene rings is 1. The normalized spacial score (nSPS) is 14.8. The highest BCUT2D eigenvalue weighted by atomic mass is 127. The number of sulfonamides is 1. The Morgan fingerprint density at radius 3 is 2.67 bits per heavy atom. The lowest BCUT2D eigenvalue weighted by Crippen LogP contribution is -2.41. The first kappa shape index (κ1) is 21.5. The van der Waals surface area contributed by atoms with Gasteiger partial charge in [-0.1, -0.05) is 17.7 Å². The molecule has 6 nitrogen and oxygen atoms in total. The van der Waals surface area contributed by atoms with Gasteiger partial charge in [0.1, 0.15) is 0 Å². The number of nitrogens with zero attached hydrogens (tertiary/aromatic N) is 1. The Morgan fingerprint density at radius 1 is 1.29 bits per heavy atom. The van der Waals surface area contributed by atoms with Gasteiger partial charge in [-0.2, -0.15) is 0 Å². The summed E-state index contributed by atoms with van der Waals surface area (Å²) in [6.07, 6.45) is 2.50. The lowest BCUT2D eigenvalue weighted by molar-refractivity contribution is 0.580. The summed E-state index contributed by atoms with van der Waals surface area (Å²) in [7, 11) is -3.54. The van der Waals surface area contributed by atoms with E-state index in [1.165, 1.54) is 25.0 Å². The van der Waals surface area contributed by atoms with E-state index in [9.17, 15) is 8.42 Å². The summed E-state index contributed by atoms with van der Waals surface area (Å²) in [5, 5.41) is 6.67. The minimum absolute atomic E-state index is 0. The van der Waals surface area contributed by atoms with Crippen molar-refractivity contribution >= 4 is 51.6 Å². The van der Waals surface area contributed by atoms with Crippen molar-refractivity contribution in [3.05, 3.63) is 29.3 Å². The fourth-order valence-electron chi connectivity index (χ4n) is 1.95. The molecule has 3 N–H and O–H groups in total. The fourth-order valence-corrected chi connectivity index (χ4v) is 3.28. The second kappa shape index (κ2) is 10.4. The first-order valence-electron chi connectivity index (χ1n) is 7.78. The van der Waals surface area contributed by atoms with E-state index in [0.29, 0.717) is 17.5 Å². The number of aliphatic imine (C=N–C) groups is 1. The van der Waals surface area contributed by atoms with Gasteiger partial charge in [-0.25, -0.2) is 13.1 Å². The van der Waals surface area contributed by atoms with Crippen LogP contribution in [0.2, 0.25) is 5.02 Å². The Hall–Kier alpha value is -0.580. The van der Waals surface area contributed by atoms with E-state index in [-0.39, 0.29) is 35.4 Å². The van der Waals surface area contributed by atoms with Crippen molar-refractivity contribution in [2.24, 2.45) is 10.9 Å². The van der Waals surface area contributed by atoms with Gasteiger partial charge in [-0.05, 0) is 43.9 Å². The number of guanidine groups is 1. The molecule has 9 heteroatoms. The summed E-state index contributed by atoms with van der Waals surface area (Å²) >= 11 is 5.83. The number of hydrogen-bond acceptors (Lipinski definition) is 3. The summed E-state index contributed by atoms with van der Waals surface area (Å²) in [6.45, 7) is 4.31. The predicted octanol–water partition coefficient (Wildman–Crippen LogP) is 2.20. The molecule has 0 aliphatic heterocycles. The number of halogens is 2. The highest BCUT2D eigenvalue weighted by molar-refractivity contribution is 14.0. The minimum Gasteiger partial charge on any atom is -0.357 e. The zero-order chi connectivity index (χ0) is 16.7. The van der Waals surface area contributed by atoms with Gasteiger partial charge in [-0.3, -0.25) is 4.99 Å². The van der Waals surface area contributed by atoms with Crippen molar-refractivity contribution < 1.29 is 8.42 Å². The molecule has 0 aromatic heterocycles. The Morgan fingerprint density at radius 2 is 2.04 bits per heavy atom. The van der Waals surface area contributed by atoms with Crippen molar-refractivity contribution in [2.45, 2.75) is 24.7 Å². The van der Waals surface area contributed by atoms with Crippen molar-refractivity contribution in [3.63, 3.8) is 0 Å². The molecule has 1 aromatic carbocycles. The molecule has 0 saturated heterocycles. The minimum atomic E-state index is -3.54. The van der Waals surface area contributed by atoms with Crippen molar-refractivity contribution in [2.75, 3.05) is 26.2 Å². The van der Waals surface area contributed by atoms with Crippen LogP contribution in [0.5, 0.6) is 0 Å². The highest BCUT2D eigenvalue weighted by Gasteiger charge is 2.20. The van der Waals surface area contributed by atoms with Crippen molar-refractivity contribution in [1.29, 1.82) is 0 Å². The molecule has 0 radical (unpaired) electrons. The molecule has 136 valence electrons. The van der Waals surface area contributed by atoms with Gasteiger partial charge >= 0.3 is 0 Å². The first-order chi connectivity index (χ1) is 11.0. The molecule has 0 spiro atoms. The summed E-state index contributed by atoms with van der Waals surface area (Å²) in [5.74, 6) is 1.44. The molecule has 1 fully saturated rings. The quantitative estimate of drug-likeness (QED) is 0.228. The predicted molar refractivity (Wildman–Crippen MR) is 109 cm³/mol. The Balaban J connectivity index is 0.00000288. The second-order valence-corrected chi connectivity index (χ2v) is 7.65. The Labute approximate surface area is 165 Å². The lowest BCUT2D eigenvalue weighted by Gasteiger charge is -2.12. The van der Waals surface area contributed by atoms with Crippen LogP contribution < -0.4 is 15.4 Å². The SMILES string of the molecule is CCNC(=NCC1CC1)NCCNS(=O)(=O)c1cccc(Cl)c1.I. The number of rotatable bonds is 8. The van der Waals surface area contributed by atoms with Gasteiger partial charge < -0.3 is 10.6 Å². The van der Waals surface area contributed by atoms with Crippen LogP contribution in [0.4, 0.5) is 0 Å². The average Bonchev–Trinajstić information content (AvgIpc) is 3.33. The van der Waals surface area contributed by atoms with E-state index in [1.807, 2.05) is 6.92 Å². The lowest BCUT2D eigenvalue weighted by atomic mass is 10.4. The molecule has 1 aromatic rings. The van der Waals surface area contributed by atoms with E-state index >= 15 is 0 Å². The van der Waals surface area contributed by atoms with E-state index in [4.69, 9.17) is 11.6 Å². The number of nitrogens with one attached hydrogen (secondary N) is 3. The number of hydrogen-bond donors (Lipinski definition) is 3. The van der Waals surface area contributed by atoms with E-state index in [0.717, 1.165) is 19.0 Å². The fraction of sp³-hybridized carbons (Fsp3) is 0.533. The van der Waals surface area contributed by atoms with Gasteiger partial charge in [0.05, 0.1) is 4.90 Å². The largest absolute Gasteiger partial charge is 0.357 e. The van der Waals surface area contributed by atoms with Crippen LogP contribution in [0.15, 0.2) is 34.2 Å². The van der Waals surface area contributed by atoms with Gasteiger partial charge in [0.15, 0.2) is 5.96 Å². The monoisotopic (exact) mass is 486 g/mol. The maximum atomic E-state index is 12.1. The van der Waals surface area contributed by atoms with Crippen LogP contribution in [0.25, 0.3) is 0 Å². The van der Waals surface area contributed by atoms with Gasteiger partial charge in [-0.15, -0.1) is 24.0 Å². The molecule has 1 aliphatic rings. The van der Waals surface area contributed by atoms with E-state index in [2.05, 4.69) is 20.3 Å². The average molecular weight is 487 g/mol. The molecule has 2 rings (SSSR count). The van der Waals surface area contributed by atoms with Gasteiger partial charge in [0.2, 0.25) is 10.0 Å². The van der Waals surface area contributed by atoms with Crippen molar-refractivity contribution in [1.82, 2.24) is 15.4 Å². The molecule has 1 aliphatic carbocycles. The Bertz CT molecular complexity index is 651. The maximum absolute atomic E-state index is 12.1. The van der Waals surface area contributed by atoms with E-state index < -0.39 is 10.0 Å². The molecule has 0 unspecified atom stereocenters. The summed E-state index contributed by atoms with van der Waals surface area (Å²) in [5.41, 5.74) is 0. The molecule has 24 heavy (non-hydrogen) atoms. The van der Waals surface area contributed by atoms with E-state index in [1.54, 1.807) is 12.1 Å². The molecule has 0 heterocycles. The molecule has 0 atom stereocenters. The maximum Gasteiger partial charge on any atom is 0.240 e. The summed E-state index contributed by atoms with van der Waals surface area (Å²) in [4.78, 5) is 4.65. The third-order valence-corrected chi connectivity index (χ3v) is 5.06. The molecule has 0 bridgehead atoms. The summed E-state index contributed by atoms with van der Waals surface area (Å²) < 4.78 is 26.8. The van der Waals surface area contributed by atoms with Gasteiger partial charge in [0.25, 0.3) is 0 Å². The van der Waals surface area contributed by atoms with Gasteiger partial charge in [0, 0.05) is 31.2 Å². The smallest absolute Gasteiger partial charge is 0.240 e. The highest BCUT2D eigenvalue weighted by Crippen LogP contribution is 2.28. The standard InChI is InChI=1S/C15H23ClN4O2S.HI/c1-2-17-15(19-11-12-6-7-12)18-8-9-20-23(21,22)14-5-3-4-13(16)10-14;/h3-5,10,12,20H,2,6-9,11H2,1H3,(H2,17,18,19);1H. The molecule has 0 amide bonds. The van der Waals surface area contributed by atoms with Crippen LogP contribution in [-0.2, 0) is 10.0 Å². The Kier molecular flexibility index (Phi) is 9.32.